The van der Waals surface area contributed by atoms with E-state index in [1.54, 1.807) is 12.3 Å². The summed E-state index contributed by atoms with van der Waals surface area (Å²) in [5.41, 5.74) is 6.22. The quantitative estimate of drug-likeness (QED) is 0.861. The number of nitrogens with zero attached hydrogens (tertiary/aromatic N) is 2. The zero-order chi connectivity index (χ0) is 13.7. The summed E-state index contributed by atoms with van der Waals surface area (Å²) in [6.07, 6.45) is 4.08. The van der Waals surface area contributed by atoms with Gasteiger partial charge in [-0.15, -0.1) is 24.8 Å². The van der Waals surface area contributed by atoms with E-state index in [2.05, 4.69) is 15.2 Å². The van der Waals surface area contributed by atoms with E-state index in [0.29, 0.717) is 18.7 Å². The van der Waals surface area contributed by atoms with Crippen molar-refractivity contribution in [3.63, 3.8) is 0 Å². The molecule has 2 rings (SSSR count). The Balaban J connectivity index is 0.00000200. The zero-order valence-electron chi connectivity index (χ0n) is 12.2. The average molecular weight is 335 g/mol. The van der Waals surface area contributed by atoms with Gasteiger partial charge in [0.15, 0.2) is 0 Å². The van der Waals surface area contributed by atoms with Crippen LogP contribution in [0.4, 0.5) is 5.82 Å². The van der Waals surface area contributed by atoms with Crippen LogP contribution < -0.4 is 16.0 Å². The minimum atomic E-state index is -0.0599. The van der Waals surface area contributed by atoms with E-state index in [-0.39, 0.29) is 36.6 Å². The number of rotatable bonds is 5. The third-order valence-corrected chi connectivity index (χ3v) is 3.45. The van der Waals surface area contributed by atoms with Crippen molar-refractivity contribution in [2.75, 3.05) is 31.1 Å². The number of pyridine rings is 1. The number of hydrogen-bond donors (Lipinski definition) is 2. The number of amides is 1. The van der Waals surface area contributed by atoms with Crippen molar-refractivity contribution in [1.29, 1.82) is 0 Å². The Hall–Kier alpha value is -1.04. The highest BCUT2D eigenvalue weighted by atomic mass is 35.5. The van der Waals surface area contributed by atoms with E-state index in [9.17, 15) is 4.79 Å². The summed E-state index contributed by atoms with van der Waals surface area (Å²) in [7, 11) is 0. The van der Waals surface area contributed by atoms with Crippen LogP contribution in [0.5, 0.6) is 0 Å². The number of nitrogens with two attached hydrogens (primary N) is 1. The predicted octanol–water partition coefficient (Wildman–Crippen LogP) is 1.85. The summed E-state index contributed by atoms with van der Waals surface area (Å²) in [5, 5.41) is 2.93. The molecule has 0 radical (unpaired) electrons. The molecule has 1 aromatic rings. The lowest BCUT2D eigenvalue weighted by Crippen LogP contribution is -2.33. The topological polar surface area (TPSA) is 71.2 Å². The summed E-state index contributed by atoms with van der Waals surface area (Å²) in [6, 6.07) is 3.64. The number of nitrogens with one attached hydrogen (secondary N) is 1. The predicted molar refractivity (Wildman–Crippen MR) is 90.7 cm³/mol. The maximum Gasteiger partial charge on any atom is 0.255 e. The molecule has 0 aliphatic carbocycles. The normalized spacial score (nSPS) is 14.9. The second kappa shape index (κ2) is 9.82. The van der Waals surface area contributed by atoms with Crippen LogP contribution >= 0.6 is 24.8 Å². The second-order valence-electron chi connectivity index (χ2n) is 5.12. The van der Waals surface area contributed by atoms with Gasteiger partial charge in [-0.25, -0.2) is 4.98 Å². The van der Waals surface area contributed by atoms with Crippen molar-refractivity contribution >= 4 is 36.5 Å². The lowest BCUT2D eigenvalue weighted by molar-refractivity contribution is 0.0949. The summed E-state index contributed by atoms with van der Waals surface area (Å²) in [5.74, 6) is 1.03. The van der Waals surface area contributed by atoms with Crippen LogP contribution in [0.3, 0.4) is 0 Å². The van der Waals surface area contributed by atoms with Crippen molar-refractivity contribution in [2.24, 2.45) is 11.7 Å². The molecule has 1 unspecified atom stereocenters. The Morgan fingerprint density at radius 2 is 2.10 bits per heavy atom. The lowest BCUT2D eigenvalue weighted by Gasteiger charge is -2.19. The molecule has 1 fully saturated rings. The van der Waals surface area contributed by atoms with Crippen molar-refractivity contribution in [2.45, 2.75) is 19.8 Å². The Bertz CT molecular complexity index is 439. The minimum Gasteiger partial charge on any atom is -0.356 e. The van der Waals surface area contributed by atoms with Gasteiger partial charge >= 0.3 is 0 Å². The highest BCUT2D eigenvalue weighted by Crippen LogP contribution is 2.21. The van der Waals surface area contributed by atoms with Crippen LogP contribution in [0.25, 0.3) is 0 Å². The van der Waals surface area contributed by atoms with Gasteiger partial charge in [0.25, 0.3) is 5.91 Å². The molecule has 120 valence electrons. The first kappa shape index (κ1) is 20.0. The molecule has 0 saturated carbocycles. The van der Waals surface area contributed by atoms with E-state index in [1.807, 2.05) is 13.0 Å². The van der Waals surface area contributed by atoms with Crippen LogP contribution in [-0.4, -0.2) is 37.1 Å². The van der Waals surface area contributed by atoms with Crippen molar-refractivity contribution in [1.82, 2.24) is 10.3 Å². The summed E-state index contributed by atoms with van der Waals surface area (Å²) >= 11 is 0. The van der Waals surface area contributed by atoms with Gasteiger partial charge in [0, 0.05) is 25.8 Å². The molecule has 0 spiro atoms. The Kier molecular flexibility index (Phi) is 9.33. The van der Waals surface area contributed by atoms with Crippen LogP contribution in [0.2, 0.25) is 0 Å². The Morgan fingerprint density at radius 3 is 2.71 bits per heavy atom. The third-order valence-electron chi connectivity index (χ3n) is 3.45. The fraction of sp³-hybridized carbons (Fsp3) is 0.571. The maximum absolute atomic E-state index is 12.2. The molecule has 0 bridgehead atoms. The highest BCUT2D eigenvalue weighted by molar-refractivity contribution is 5.98. The van der Waals surface area contributed by atoms with Crippen LogP contribution in [0.1, 0.15) is 30.1 Å². The molecule has 2 heterocycles. The van der Waals surface area contributed by atoms with Crippen LogP contribution in [-0.2, 0) is 0 Å². The number of carbonyl (C=O) groups is 1. The number of carbonyl (C=O) groups excluding carboxylic acids is 1. The monoisotopic (exact) mass is 334 g/mol. The lowest BCUT2D eigenvalue weighted by atomic mass is 10.1. The Labute approximate surface area is 138 Å². The first-order valence-electron chi connectivity index (χ1n) is 6.90. The molecular weight excluding hydrogens is 311 g/mol. The molecule has 1 atom stereocenters. The molecule has 1 amide bonds. The third kappa shape index (κ3) is 5.34. The summed E-state index contributed by atoms with van der Waals surface area (Å²) in [4.78, 5) is 18.8. The van der Waals surface area contributed by atoms with E-state index >= 15 is 0 Å². The number of hydrogen-bond acceptors (Lipinski definition) is 4. The molecule has 0 aromatic carbocycles. The van der Waals surface area contributed by atoms with Gasteiger partial charge in [0.05, 0.1) is 5.56 Å². The van der Waals surface area contributed by atoms with Crippen molar-refractivity contribution in [3.8, 4) is 0 Å². The van der Waals surface area contributed by atoms with Crippen molar-refractivity contribution < 1.29 is 4.79 Å². The smallest absolute Gasteiger partial charge is 0.255 e. The highest BCUT2D eigenvalue weighted by Gasteiger charge is 2.20. The molecule has 5 nitrogen and oxygen atoms in total. The standard InChI is InChI=1S/C14H22N4O.2ClH/c1-11(9-15)10-17-14(19)12-5-4-6-16-13(12)18-7-2-3-8-18;;/h4-6,11H,2-3,7-10,15H2,1H3,(H,17,19);2*1H. The summed E-state index contributed by atoms with van der Waals surface area (Å²) in [6.45, 7) is 5.16. The van der Waals surface area contributed by atoms with E-state index in [4.69, 9.17) is 5.73 Å². The molecule has 7 heteroatoms. The van der Waals surface area contributed by atoms with E-state index in [1.165, 1.54) is 12.8 Å². The first-order chi connectivity index (χ1) is 9.22. The van der Waals surface area contributed by atoms with Gasteiger partial charge < -0.3 is 16.0 Å². The number of halogens is 2. The average Bonchev–Trinajstić information content (AvgIpc) is 2.98. The van der Waals surface area contributed by atoms with Gasteiger partial charge in [-0.1, -0.05) is 6.92 Å². The van der Waals surface area contributed by atoms with E-state index < -0.39 is 0 Å². The number of anilines is 1. The molecule has 1 aromatic heterocycles. The van der Waals surface area contributed by atoms with Crippen LogP contribution in [0, 0.1) is 5.92 Å². The molecule has 1 saturated heterocycles. The largest absolute Gasteiger partial charge is 0.356 e. The SMILES string of the molecule is CC(CN)CNC(=O)c1cccnc1N1CCCC1.Cl.Cl. The van der Waals surface area contributed by atoms with Gasteiger partial charge in [-0.2, -0.15) is 0 Å². The van der Waals surface area contributed by atoms with Gasteiger partial charge in [0.2, 0.25) is 0 Å². The van der Waals surface area contributed by atoms with Gasteiger partial charge in [0.1, 0.15) is 5.82 Å². The fourth-order valence-corrected chi connectivity index (χ4v) is 2.20. The minimum absolute atomic E-state index is 0. The molecule has 3 N–H and O–H groups in total. The van der Waals surface area contributed by atoms with Gasteiger partial charge in [-0.3, -0.25) is 4.79 Å². The molecule has 1 aliphatic heterocycles. The Morgan fingerprint density at radius 1 is 1.43 bits per heavy atom. The molecule has 21 heavy (non-hydrogen) atoms. The van der Waals surface area contributed by atoms with Crippen molar-refractivity contribution in [3.05, 3.63) is 23.9 Å². The maximum atomic E-state index is 12.2. The van der Waals surface area contributed by atoms with E-state index in [0.717, 1.165) is 18.9 Å². The zero-order valence-corrected chi connectivity index (χ0v) is 13.9. The number of aromatic nitrogens is 1. The summed E-state index contributed by atoms with van der Waals surface area (Å²) < 4.78 is 0. The second-order valence-corrected chi connectivity index (χ2v) is 5.12. The molecular formula is C14H24Cl2N4O. The first-order valence-corrected chi connectivity index (χ1v) is 6.90. The molecule has 1 aliphatic rings. The fourth-order valence-electron chi connectivity index (χ4n) is 2.20. The van der Waals surface area contributed by atoms with Crippen LogP contribution in [0.15, 0.2) is 18.3 Å². The van der Waals surface area contributed by atoms with Gasteiger partial charge in [-0.05, 0) is 37.4 Å².